The third kappa shape index (κ3) is 1.97. The highest BCUT2D eigenvalue weighted by Gasteiger charge is 2.26. The molecule has 14 heavy (non-hydrogen) atoms. The Morgan fingerprint density at radius 2 is 2.50 bits per heavy atom. The highest BCUT2D eigenvalue weighted by molar-refractivity contribution is 5.04. The van der Waals surface area contributed by atoms with Crippen LogP contribution in [0, 0.1) is 17.2 Å². The third-order valence-electron chi connectivity index (χ3n) is 2.90. The molecule has 1 aromatic heterocycles. The lowest BCUT2D eigenvalue weighted by Gasteiger charge is -2.14. The van der Waals surface area contributed by atoms with Crippen molar-refractivity contribution in [2.75, 3.05) is 0 Å². The molecular formula is C11H15N3. The second-order valence-corrected chi connectivity index (χ2v) is 3.85. The van der Waals surface area contributed by atoms with Gasteiger partial charge in [-0.1, -0.05) is 6.42 Å². The van der Waals surface area contributed by atoms with Crippen LogP contribution >= 0.6 is 0 Å². The summed E-state index contributed by atoms with van der Waals surface area (Å²) in [4.78, 5) is 3.15. The Bertz CT molecular complexity index is 310. The number of aromatic nitrogens is 1. The summed E-state index contributed by atoms with van der Waals surface area (Å²) in [6.45, 7) is 0.843. The lowest BCUT2D eigenvalue weighted by molar-refractivity contribution is 0.462. The van der Waals surface area contributed by atoms with Crippen LogP contribution in [0.25, 0.3) is 0 Å². The summed E-state index contributed by atoms with van der Waals surface area (Å²) < 4.78 is 0. The predicted octanol–water partition coefficient (Wildman–Crippen LogP) is 1.80. The highest BCUT2D eigenvalue weighted by Crippen LogP contribution is 2.24. The zero-order valence-electron chi connectivity index (χ0n) is 8.16. The first kappa shape index (κ1) is 9.29. The smallest absolute Gasteiger partial charge is 0.0672 e. The van der Waals surface area contributed by atoms with Gasteiger partial charge in [0, 0.05) is 24.5 Å². The molecule has 0 aliphatic heterocycles. The summed E-state index contributed by atoms with van der Waals surface area (Å²) in [6.07, 6.45) is 5.30. The zero-order chi connectivity index (χ0) is 9.80. The number of hydrogen-bond acceptors (Lipinski definition) is 2. The van der Waals surface area contributed by atoms with Gasteiger partial charge in [0.05, 0.1) is 12.0 Å². The molecule has 1 heterocycles. The first-order chi connectivity index (χ1) is 6.90. The molecule has 0 aromatic carbocycles. The number of rotatable bonds is 3. The normalized spacial score (nSPS) is 26.2. The van der Waals surface area contributed by atoms with Gasteiger partial charge in [-0.3, -0.25) is 0 Å². The van der Waals surface area contributed by atoms with Crippen molar-refractivity contribution in [1.29, 1.82) is 5.26 Å². The van der Waals surface area contributed by atoms with E-state index in [9.17, 15) is 0 Å². The minimum Gasteiger partial charge on any atom is -0.364 e. The molecule has 1 fully saturated rings. The molecule has 0 radical (unpaired) electrons. The topological polar surface area (TPSA) is 51.6 Å². The monoisotopic (exact) mass is 189 g/mol. The number of nitriles is 1. The van der Waals surface area contributed by atoms with Gasteiger partial charge in [-0.15, -0.1) is 0 Å². The van der Waals surface area contributed by atoms with Gasteiger partial charge in [-0.2, -0.15) is 5.26 Å². The Morgan fingerprint density at radius 3 is 3.21 bits per heavy atom. The number of hydrogen-bond donors (Lipinski definition) is 2. The van der Waals surface area contributed by atoms with Gasteiger partial charge in [0.15, 0.2) is 0 Å². The maximum Gasteiger partial charge on any atom is 0.0672 e. The quantitative estimate of drug-likeness (QED) is 0.761. The van der Waals surface area contributed by atoms with Gasteiger partial charge in [-0.25, -0.2) is 0 Å². The fourth-order valence-electron chi connectivity index (χ4n) is 2.08. The first-order valence-electron chi connectivity index (χ1n) is 5.15. The predicted molar refractivity (Wildman–Crippen MR) is 54.4 cm³/mol. The van der Waals surface area contributed by atoms with Crippen molar-refractivity contribution >= 4 is 0 Å². The standard InChI is InChI=1S/C11H15N3/c12-7-9-3-1-5-11(9)14-8-10-4-2-6-13-10/h2,4,6,9,11,13-14H,1,3,5,8H2. The lowest BCUT2D eigenvalue weighted by atomic mass is 10.1. The summed E-state index contributed by atoms with van der Waals surface area (Å²) in [5.41, 5.74) is 1.19. The van der Waals surface area contributed by atoms with E-state index in [1.165, 1.54) is 12.1 Å². The molecule has 2 rings (SSSR count). The summed E-state index contributed by atoms with van der Waals surface area (Å²) in [6, 6.07) is 6.82. The average Bonchev–Trinajstić information content (AvgIpc) is 2.85. The van der Waals surface area contributed by atoms with E-state index < -0.39 is 0 Å². The van der Waals surface area contributed by atoms with E-state index in [1.807, 2.05) is 12.3 Å². The molecule has 1 aliphatic rings. The van der Waals surface area contributed by atoms with E-state index in [2.05, 4.69) is 22.4 Å². The molecule has 0 saturated heterocycles. The van der Waals surface area contributed by atoms with E-state index in [1.54, 1.807) is 0 Å². The van der Waals surface area contributed by atoms with Crippen molar-refractivity contribution in [2.24, 2.45) is 5.92 Å². The van der Waals surface area contributed by atoms with Gasteiger partial charge >= 0.3 is 0 Å². The Labute approximate surface area is 84.1 Å². The molecule has 2 atom stereocenters. The van der Waals surface area contributed by atoms with Gasteiger partial charge in [0.2, 0.25) is 0 Å². The van der Waals surface area contributed by atoms with Crippen molar-refractivity contribution in [3.8, 4) is 6.07 Å². The molecule has 1 saturated carbocycles. The summed E-state index contributed by atoms with van der Waals surface area (Å²) >= 11 is 0. The van der Waals surface area contributed by atoms with E-state index in [0.717, 1.165) is 19.4 Å². The van der Waals surface area contributed by atoms with Gasteiger partial charge in [0.1, 0.15) is 0 Å². The van der Waals surface area contributed by atoms with Crippen molar-refractivity contribution in [3.05, 3.63) is 24.0 Å². The van der Waals surface area contributed by atoms with Crippen molar-refractivity contribution < 1.29 is 0 Å². The molecule has 2 unspecified atom stereocenters. The molecule has 74 valence electrons. The maximum absolute atomic E-state index is 8.90. The molecule has 0 amide bonds. The minimum absolute atomic E-state index is 0.213. The Balaban J connectivity index is 1.83. The summed E-state index contributed by atoms with van der Waals surface area (Å²) in [5, 5.41) is 12.3. The summed E-state index contributed by atoms with van der Waals surface area (Å²) in [5.74, 6) is 0.213. The first-order valence-corrected chi connectivity index (χ1v) is 5.15. The maximum atomic E-state index is 8.90. The molecule has 3 nitrogen and oxygen atoms in total. The van der Waals surface area contributed by atoms with Crippen molar-refractivity contribution in [1.82, 2.24) is 10.3 Å². The number of nitrogens with one attached hydrogen (secondary N) is 2. The van der Waals surface area contributed by atoms with Crippen LogP contribution in [0.5, 0.6) is 0 Å². The zero-order valence-corrected chi connectivity index (χ0v) is 8.16. The summed E-state index contributed by atoms with van der Waals surface area (Å²) in [7, 11) is 0. The SMILES string of the molecule is N#CC1CCCC1NCc1ccc[nH]1. The molecule has 1 aromatic rings. The van der Waals surface area contributed by atoms with Gasteiger partial charge in [-0.05, 0) is 25.0 Å². The van der Waals surface area contributed by atoms with Crippen molar-refractivity contribution in [2.45, 2.75) is 31.8 Å². The van der Waals surface area contributed by atoms with Crippen LogP contribution in [0.3, 0.4) is 0 Å². The Hall–Kier alpha value is -1.27. The van der Waals surface area contributed by atoms with Gasteiger partial charge < -0.3 is 10.3 Å². The Morgan fingerprint density at radius 1 is 1.57 bits per heavy atom. The van der Waals surface area contributed by atoms with Crippen LogP contribution in [0.2, 0.25) is 0 Å². The van der Waals surface area contributed by atoms with Crippen LogP contribution in [-0.2, 0) is 6.54 Å². The van der Waals surface area contributed by atoms with E-state index >= 15 is 0 Å². The second kappa shape index (κ2) is 4.30. The van der Waals surface area contributed by atoms with Crippen LogP contribution in [0.15, 0.2) is 18.3 Å². The molecule has 2 N–H and O–H groups in total. The molecule has 0 spiro atoms. The largest absolute Gasteiger partial charge is 0.364 e. The van der Waals surface area contributed by atoms with Crippen LogP contribution in [0.4, 0.5) is 0 Å². The third-order valence-corrected chi connectivity index (χ3v) is 2.90. The fourth-order valence-corrected chi connectivity index (χ4v) is 2.08. The van der Waals surface area contributed by atoms with Crippen LogP contribution < -0.4 is 5.32 Å². The fraction of sp³-hybridized carbons (Fsp3) is 0.545. The average molecular weight is 189 g/mol. The van der Waals surface area contributed by atoms with Gasteiger partial charge in [0.25, 0.3) is 0 Å². The van der Waals surface area contributed by atoms with Crippen molar-refractivity contribution in [3.63, 3.8) is 0 Å². The molecule has 1 aliphatic carbocycles. The number of aromatic amines is 1. The minimum atomic E-state index is 0.213. The van der Waals surface area contributed by atoms with E-state index in [0.29, 0.717) is 6.04 Å². The molecular weight excluding hydrogens is 174 g/mol. The second-order valence-electron chi connectivity index (χ2n) is 3.85. The van der Waals surface area contributed by atoms with E-state index in [-0.39, 0.29) is 5.92 Å². The molecule has 3 heteroatoms. The Kier molecular flexibility index (Phi) is 2.85. The van der Waals surface area contributed by atoms with E-state index in [4.69, 9.17) is 5.26 Å². The lowest BCUT2D eigenvalue weighted by Crippen LogP contribution is -2.31. The highest BCUT2D eigenvalue weighted by atomic mass is 14.9. The van der Waals surface area contributed by atoms with Crippen LogP contribution in [-0.4, -0.2) is 11.0 Å². The molecule has 0 bridgehead atoms. The number of nitrogens with zero attached hydrogens (tertiary/aromatic N) is 1. The number of H-pyrrole nitrogens is 1. The van der Waals surface area contributed by atoms with Crippen LogP contribution in [0.1, 0.15) is 25.0 Å².